The van der Waals surface area contributed by atoms with Crippen LogP contribution in [0.2, 0.25) is 0 Å². The molecule has 5 heteroatoms. The molecule has 3 aromatic rings. The van der Waals surface area contributed by atoms with Crippen LogP contribution >= 0.6 is 0 Å². The predicted molar refractivity (Wildman–Crippen MR) is 113 cm³/mol. The van der Waals surface area contributed by atoms with Crippen molar-refractivity contribution in [2.75, 3.05) is 14.2 Å². The van der Waals surface area contributed by atoms with E-state index in [0.29, 0.717) is 40.4 Å². The average Bonchev–Trinajstić information content (AvgIpc) is 3.07. The maximum atomic E-state index is 12.9. The van der Waals surface area contributed by atoms with Gasteiger partial charge in [0.15, 0.2) is 17.3 Å². The highest BCUT2D eigenvalue weighted by molar-refractivity contribution is 6.16. The van der Waals surface area contributed by atoms with Crippen molar-refractivity contribution in [1.29, 1.82) is 0 Å². The highest BCUT2D eigenvalue weighted by Gasteiger charge is 2.27. The molecule has 0 atom stereocenters. The molecule has 5 nitrogen and oxygen atoms in total. The Kier molecular flexibility index (Phi) is 5.35. The van der Waals surface area contributed by atoms with Gasteiger partial charge in [0.05, 0.1) is 19.8 Å². The Bertz CT molecular complexity index is 1150. The van der Waals surface area contributed by atoms with Crippen LogP contribution in [0.4, 0.5) is 0 Å². The van der Waals surface area contributed by atoms with Crippen molar-refractivity contribution in [2.45, 2.75) is 6.42 Å². The summed E-state index contributed by atoms with van der Waals surface area (Å²) in [4.78, 5) is 25.1. The van der Waals surface area contributed by atoms with E-state index in [0.717, 1.165) is 11.1 Å². The second-order valence-corrected chi connectivity index (χ2v) is 6.87. The molecule has 0 aliphatic heterocycles. The highest BCUT2D eigenvalue weighted by atomic mass is 16.5. The van der Waals surface area contributed by atoms with Crippen LogP contribution in [0.3, 0.4) is 0 Å². The van der Waals surface area contributed by atoms with Gasteiger partial charge in [-0.15, -0.1) is 0 Å². The van der Waals surface area contributed by atoms with Gasteiger partial charge in [-0.05, 0) is 53.6 Å². The number of hydrogen-bond donors (Lipinski definition) is 0. The number of fused-ring (bicyclic) bond motifs is 1. The molecular formula is C25H20O5. The van der Waals surface area contributed by atoms with E-state index in [1.54, 1.807) is 62.8 Å². The van der Waals surface area contributed by atoms with Gasteiger partial charge >= 0.3 is 5.97 Å². The molecule has 0 aromatic heterocycles. The third-order valence-electron chi connectivity index (χ3n) is 4.95. The summed E-state index contributed by atoms with van der Waals surface area (Å²) in [5.41, 5.74) is 3.43. The predicted octanol–water partition coefficient (Wildman–Crippen LogP) is 4.75. The fraction of sp³-hybridized carbons (Fsp3) is 0.120. The molecule has 0 unspecified atom stereocenters. The molecule has 30 heavy (non-hydrogen) atoms. The van der Waals surface area contributed by atoms with E-state index in [4.69, 9.17) is 14.2 Å². The zero-order valence-corrected chi connectivity index (χ0v) is 16.7. The van der Waals surface area contributed by atoms with Gasteiger partial charge in [0.1, 0.15) is 5.75 Å². The molecule has 0 saturated carbocycles. The van der Waals surface area contributed by atoms with Gasteiger partial charge in [0, 0.05) is 17.6 Å². The van der Waals surface area contributed by atoms with Crippen LogP contribution in [0.25, 0.3) is 6.08 Å². The molecular weight excluding hydrogens is 380 g/mol. The lowest BCUT2D eigenvalue weighted by Gasteiger charge is -2.08. The summed E-state index contributed by atoms with van der Waals surface area (Å²) >= 11 is 0. The molecule has 0 bridgehead atoms. The first-order chi connectivity index (χ1) is 14.6. The fourth-order valence-corrected chi connectivity index (χ4v) is 3.46. The van der Waals surface area contributed by atoms with E-state index >= 15 is 0 Å². The molecule has 0 radical (unpaired) electrons. The minimum absolute atomic E-state index is 0.0439. The van der Waals surface area contributed by atoms with E-state index in [-0.39, 0.29) is 5.78 Å². The Labute approximate surface area is 174 Å². The normalized spacial score (nSPS) is 13.8. The maximum Gasteiger partial charge on any atom is 0.343 e. The van der Waals surface area contributed by atoms with Crippen LogP contribution in [-0.4, -0.2) is 26.0 Å². The molecule has 3 aromatic carbocycles. The molecule has 0 heterocycles. The van der Waals surface area contributed by atoms with Crippen LogP contribution in [0, 0.1) is 0 Å². The number of allylic oxidation sites excluding steroid dienone is 1. The van der Waals surface area contributed by atoms with Crippen molar-refractivity contribution in [3.05, 3.63) is 94.6 Å². The van der Waals surface area contributed by atoms with Gasteiger partial charge in [-0.25, -0.2) is 4.79 Å². The second kappa shape index (κ2) is 8.25. The zero-order chi connectivity index (χ0) is 21.1. The topological polar surface area (TPSA) is 61.8 Å². The van der Waals surface area contributed by atoms with Crippen molar-refractivity contribution >= 4 is 17.8 Å². The first kappa shape index (κ1) is 19.5. The SMILES string of the molecule is COc1cc2c(cc1OC)C(=O)/C(=C/c1cccc(OC(=O)c3ccccc3)c1)C2. The third kappa shape index (κ3) is 3.82. The molecule has 0 fully saturated rings. The Morgan fingerprint density at radius 3 is 2.37 bits per heavy atom. The molecule has 0 amide bonds. The summed E-state index contributed by atoms with van der Waals surface area (Å²) in [6.45, 7) is 0. The average molecular weight is 400 g/mol. The fourth-order valence-electron chi connectivity index (χ4n) is 3.46. The highest BCUT2D eigenvalue weighted by Crippen LogP contribution is 2.37. The summed E-state index contributed by atoms with van der Waals surface area (Å²) < 4.78 is 16.1. The summed E-state index contributed by atoms with van der Waals surface area (Å²) in [6.07, 6.45) is 2.32. The van der Waals surface area contributed by atoms with E-state index in [1.165, 1.54) is 0 Å². The lowest BCUT2D eigenvalue weighted by atomic mass is 10.1. The van der Waals surface area contributed by atoms with E-state index in [2.05, 4.69) is 0 Å². The van der Waals surface area contributed by atoms with Gasteiger partial charge in [-0.3, -0.25) is 4.79 Å². The van der Waals surface area contributed by atoms with Crippen LogP contribution in [0.15, 0.2) is 72.3 Å². The Morgan fingerprint density at radius 2 is 1.63 bits per heavy atom. The summed E-state index contributed by atoms with van der Waals surface area (Å²) in [6, 6.07) is 19.5. The largest absolute Gasteiger partial charge is 0.493 e. The van der Waals surface area contributed by atoms with Crippen molar-refractivity contribution < 1.29 is 23.8 Å². The zero-order valence-electron chi connectivity index (χ0n) is 16.7. The third-order valence-corrected chi connectivity index (χ3v) is 4.95. The van der Waals surface area contributed by atoms with Crippen molar-refractivity contribution in [3.8, 4) is 17.2 Å². The van der Waals surface area contributed by atoms with E-state index < -0.39 is 5.97 Å². The lowest BCUT2D eigenvalue weighted by molar-refractivity contribution is 0.0734. The molecule has 150 valence electrons. The Hall–Kier alpha value is -3.86. The van der Waals surface area contributed by atoms with Gasteiger partial charge in [-0.2, -0.15) is 0 Å². The number of carbonyl (C=O) groups excluding carboxylic acids is 2. The first-order valence-electron chi connectivity index (χ1n) is 9.46. The van der Waals surface area contributed by atoms with Crippen LogP contribution in [0.5, 0.6) is 17.2 Å². The summed E-state index contributed by atoms with van der Waals surface area (Å²) in [5.74, 6) is 1.08. The summed E-state index contributed by atoms with van der Waals surface area (Å²) in [7, 11) is 3.11. The van der Waals surface area contributed by atoms with Gasteiger partial charge in [-0.1, -0.05) is 30.3 Å². The van der Waals surface area contributed by atoms with Crippen molar-refractivity contribution in [2.24, 2.45) is 0 Å². The Balaban J connectivity index is 1.57. The monoisotopic (exact) mass is 400 g/mol. The quantitative estimate of drug-likeness (QED) is 0.352. The number of ether oxygens (including phenoxy) is 3. The van der Waals surface area contributed by atoms with Gasteiger partial charge in [0.2, 0.25) is 0 Å². The molecule has 1 aliphatic rings. The van der Waals surface area contributed by atoms with E-state index in [1.807, 2.05) is 24.3 Å². The van der Waals surface area contributed by atoms with Gasteiger partial charge in [0.25, 0.3) is 0 Å². The number of Topliss-reactive ketones (excluding diaryl/α,β-unsaturated/α-hetero) is 1. The minimum atomic E-state index is -0.427. The van der Waals surface area contributed by atoms with Crippen LogP contribution in [-0.2, 0) is 6.42 Å². The van der Waals surface area contributed by atoms with Crippen molar-refractivity contribution in [1.82, 2.24) is 0 Å². The smallest absolute Gasteiger partial charge is 0.343 e. The second-order valence-electron chi connectivity index (χ2n) is 6.87. The standard InChI is InChI=1S/C25H20O5/c1-28-22-14-18-13-19(24(26)21(18)15-23(22)29-2)11-16-7-6-10-20(12-16)30-25(27)17-8-4-3-5-9-17/h3-12,14-15H,13H2,1-2H3/b19-11+. The van der Waals surface area contributed by atoms with Gasteiger partial charge < -0.3 is 14.2 Å². The number of methoxy groups -OCH3 is 2. The number of hydrogen-bond acceptors (Lipinski definition) is 5. The minimum Gasteiger partial charge on any atom is -0.493 e. The number of carbonyl (C=O) groups is 2. The number of benzene rings is 3. The molecule has 0 N–H and O–H groups in total. The molecule has 1 aliphatic carbocycles. The van der Waals surface area contributed by atoms with Crippen molar-refractivity contribution in [3.63, 3.8) is 0 Å². The number of esters is 1. The van der Waals surface area contributed by atoms with E-state index in [9.17, 15) is 9.59 Å². The summed E-state index contributed by atoms with van der Waals surface area (Å²) in [5, 5.41) is 0. The molecule has 4 rings (SSSR count). The number of ketones is 1. The maximum absolute atomic E-state index is 12.9. The van der Waals surface area contributed by atoms with Crippen LogP contribution in [0.1, 0.15) is 31.8 Å². The molecule has 0 spiro atoms. The van der Waals surface area contributed by atoms with Crippen LogP contribution < -0.4 is 14.2 Å². The number of rotatable bonds is 5. The lowest BCUT2D eigenvalue weighted by Crippen LogP contribution is -2.08. The molecule has 0 saturated heterocycles. The first-order valence-corrected chi connectivity index (χ1v) is 9.46. The Morgan fingerprint density at radius 1 is 0.900 bits per heavy atom.